The van der Waals surface area contributed by atoms with E-state index in [-0.39, 0.29) is 6.42 Å². The second kappa shape index (κ2) is 11.9. The quantitative estimate of drug-likeness (QED) is 0.419. The number of methoxy groups -OCH3 is 1. The maximum atomic E-state index is 11.9. The van der Waals surface area contributed by atoms with Gasteiger partial charge in [-0.15, -0.1) is 0 Å². The van der Waals surface area contributed by atoms with Crippen LogP contribution in [0.2, 0.25) is 0 Å². The summed E-state index contributed by atoms with van der Waals surface area (Å²) in [6.45, 7) is 7.65. The molecule has 0 spiro atoms. The van der Waals surface area contributed by atoms with Crippen molar-refractivity contribution in [3.05, 3.63) is 83.2 Å². The number of hydrogen-bond acceptors (Lipinski definition) is 6. The third-order valence-electron chi connectivity index (χ3n) is 4.81. The van der Waals surface area contributed by atoms with Crippen LogP contribution < -0.4 is 5.73 Å². The van der Waals surface area contributed by atoms with Gasteiger partial charge in [0.2, 0.25) is 11.8 Å². The van der Waals surface area contributed by atoms with Gasteiger partial charge in [0, 0.05) is 36.4 Å². The molecule has 3 rings (SSSR count). The lowest BCUT2D eigenvalue weighted by Gasteiger charge is -2.08. The minimum absolute atomic E-state index is 0.106. The van der Waals surface area contributed by atoms with Crippen LogP contribution in [-0.2, 0) is 35.6 Å². The van der Waals surface area contributed by atoms with Crippen molar-refractivity contribution in [1.82, 2.24) is 19.7 Å². The number of ether oxygens (including phenoxy) is 1. The van der Waals surface area contributed by atoms with Crippen molar-refractivity contribution in [2.75, 3.05) is 7.11 Å². The zero-order chi connectivity index (χ0) is 26.2. The van der Waals surface area contributed by atoms with E-state index >= 15 is 0 Å². The molecule has 0 saturated carbocycles. The summed E-state index contributed by atoms with van der Waals surface area (Å²) >= 11 is 0. The average molecular weight is 489 g/mol. The van der Waals surface area contributed by atoms with Crippen LogP contribution in [0, 0.1) is 6.92 Å². The van der Waals surface area contributed by atoms with Gasteiger partial charge in [-0.05, 0) is 37.6 Å². The summed E-state index contributed by atoms with van der Waals surface area (Å²) in [6.07, 6.45) is 0.805. The van der Waals surface area contributed by atoms with Gasteiger partial charge in [0.1, 0.15) is 0 Å². The number of nitrogens with two attached hydrogens (primary N) is 1. The van der Waals surface area contributed by atoms with Crippen molar-refractivity contribution in [2.24, 2.45) is 17.8 Å². The van der Waals surface area contributed by atoms with Crippen LogP contribution in [0.1, 0.15) is 40.7 Å². The second-order valence-corrected chi connectivity index (χ2v) is 7.42. The van der Waals surface area contributed by atoms with Crippen LogP contribution >= 0.6 is 0 Å². The number of alkyl halides is 3. The third kappa shape index (κ3) is 7.76. The average Bonchev–Trinajstić information content (AvgIpc) is 3.17. The third-order valence-corrected chi connectivity index (χ3v) is 4.81. The Labute approximate surface area is 201 Å². The molecule has 11 heteroatoms. The fourth-order valence-corrected chi connectivity index (χ4v) is 2.98. The molecule has 0 fully saturated rings. The summed E-state index contributed by atoms with van der Waals surface area (Å²) in [5.41, 5.74) is 8.75. The molecule has 0 aliphatic rings. The van der Waals surface area contributed by atoms with Gasteiger partial charge in [0.15, 0.2) is 0 Å². The van der Waals surface area contributed by atoms with Gasteiger partial charge >= 0.3 is 6.18 Å². The predicted molar refractivity (Wildman–Crippen MR) is 126 cm³/mol. The lowest BCUT2D eigenvalue weighted by atomic mass is 10.1. The topological polar surface area (TPSA) is 108 Å². The smallest absolute Gasteiger partial charge is 0.417 e. The molecule has 0 saturated heterocycles. The monoisotopic (exact) mass is 488 g/mol. The number of nitrogens with zero attached hydrogens (tertiary/aromatic N) is 5. The van der Waals surface area contributed by atoms with Gasteiger partial charge in [-0.2, -0.15) is 18.3 Å². The summed E-state index contributed by atoms with van der Waals surface area (Å²) in [6, 6.07) is 5.88. The molecule has 3 aromatic heterocycles. The van der Waals surface area contributed by atoms with Gasteiger partial charge in [-0.3, -0.25) is 19.4 Å². The number of rotatable bonds is 6. The first-order valence-corrected chi connectivity index (χ1v) is 10.5. The molecule has 3 heterocycles. The van der Waals surface area contributed by atoms with Crippen LogP contribution in [0.5, 0.6) is 0 Å². The van der Waals surface area contributed by atoms with E-state index in [1.165, 1.54) is 6.07 Å². The Morgan fingerprint density at radius 1 is 1.17 bits per heavy atom. The zero-order valence-corrected chi connectivity index (χ0v) is 19.9. The van der Waals surface area contributed by atoms with Gasteiger partial charge in [-0.25, -0.2) is 4.99 Å². The number of carbonyl (C=O) groups excluding carboxylic acids is 1. The number of halogens is 3. The van der Waals surface area contributed by atoms with E-state index in [0.717, 1.165) is 35.5 Å². The Hall–Kier alpha value is -4.02. The van der Waals surface area contributed by atoms with Crippen molar-refractivity contribution in [1.29, 1.82) is 0 Å². The number of aliphatic imine (C=N–C) groups is 1. The molecule has 0 aromatic carbocycles. The molecule has 0 atom stereocenters. The SMILES string of the molecule is C=C(N=C(OC)c1cnn(C)c1CC)c1ccc(CC(N)=O)nc1.Cc1ccc(C(F)(F)F)cn1. The molecule has 0 aliphatic heterocycles. The lowest BCUT2D eigenvalue weighted by Crippen LogP contribution is -2.14. The Kier molecular flexibility index (Phi) is 9.26. The van der Waals surface area contributed by atoms with Crippen LogP contribution in [0.15, 0.2) is 54.4 Å². The van der Waals surface area contributed by atoms with Crippen molar-refractivity contribution >= 4 is 17.5 Å². The molecular weight excluding hydrogens is 461 g/mol. The molecule has 0 aliphatic carbocycles. The maximum absolute atomic E-state index is 11.9. The molecule has 186 valence electrons. The van der Waals surface area contributed by atoms with E-state index in [0.29, 0.717) is 23.0 Å². The van der Waals surface area contributed by atoms with E-state index in [2.05, 4.69) is 26.6 Å². The Balaban J connectivity index is 0.000000328. The summed E-state index contributed by atoms with van der Waals surface area (Å²) in [4.78, 5) is 23.1. The summed E-state index contributed by atoms with van der Waals surface area (Å²) in [5.74, 6) is 0.0311. The number of hydrogen-bond donors (Lipinski definition) is 1. The number of amides is 1. The highest BCUT2D eigenvalue weighted by Crippen LogP contribution is 2.28. The first-order chi connectivity index (χ1) is 16.5. The molecule has 0 bridgehead atoms. The van der Waals surface area contributed by atoms with Crippen molar-refractivity contribution in [3.63, 3.8) is 0 Å². The second-order valence-electron chi connectivity index (χ2n) is 7.42. The molecule has 2 N–H and O–H groups in total. The molecule has 0 unspecified atom stereocenters. The van der Waals surface area contributed by atoms with Gasteiger partial charge in [0.05, 0.1) is 42.2 Å². The number of pyridine rings is 2. The maximum Gasteiger partial charge on any atom is 0.417 e. The summed E-state index contributed by atoms with van der Waals surface area (Å²) in [5, 5.41) is 4.25. The highest BCUT2D eigenvalue weighted by molar-refractivity contribution is 5.98. The summed E-state index contributed by atoms with van der Waals surface area (Å²) < 4.78 is 42.9. The van der Waals surface area contributed by atoms with Gasteiger partial charge in [0.25, 0.3) is 0 Å². The highest BCUT2D eigenvalue weighted by Gasteiger charge is 2.30. The Bertz CT molecular complexity index is 1180. The Morgan fingerprint density at radius 3 is 2.37 bits per heavy atom. The van der Waals surface area contributed by atoms with E-state index in [1.807, 2.05) is 14.0 Å². The molecule has 0 radical (unpaired) electrons. The van der Waals surface area contributed by atoms with Crippen LogP contribution in [0.3, 0.4) is 0 Å². The first-order valence-electron chi connectivity index (χ1n) is 10.5. The number of primary amides is 1. The van der Waals surface area contributed by atoms with E-state index in [9.17, 15) is 18.0 Å². The Morgan fingerprint density at radius 2 is 1.89 bits per heavy atom. The minimum Gasteiger partial charge on any atom is -0.480 e. The first kappa shape index (κ1) is 27.2. The summed E-state index contributed by atoms with van der Waals surface area (Å²) in [7, 11) is 3.44. The van der Waals surface area contributed by atoms with Gasteiger partial charge < -0.3 is 10.5 Å². The van der Waals surface area contributed by atoms with E-state index in [1.54, 1.807) is 43.2 Å². The largest absolute Gasteiger partial charge is 0.480 e. The number of aryl methyl sites for hydroxylation is 2. The van der Waals surface area contributed by atoms with E-state index in [4.69, 9.17) is 10.5 Å². The fourth-order valence-electron chi connectivity index (χ4n) is 2.98. The zero-order valence-electron chi connectivity index (χ0n) is 19.9. The van der Waals surface area contributed by atoms with E-state index < -0.39 is 17.6 Å². The molecule has 8 nitrogen and oxygen atoms in total. The minimum atomic E-state index is -4.28. The predicted octanol–water partition coefficient (Wildman–Crippen LogP) is 3.88. The standard InChI is InChI=1S/C17H21N5O2.C7H6F3N/c1-5-15-14(10-20-22(15)3)17(24-4)21-11(2)12-6-7-13(19-9-12)8-16(18)23;1-5-2-3-6(4-11-5)7(8,9)10/h6-7,9-10H,2,5,8H2,1,3-4H3,(H2,18,23);2-4H,1H3. The molecule has 35 heavy (non-hydrogen) atoms. The number of aromatic nitrogens is 4. The van der Waals surface area contributed by atoms with Crippen molar-refractivity contribution < 1.29 is 22.7 Å². The normalized spacial score (nSPS) is 11.5. The highest BCUT2D eigenvalue weighted by atomic mass is 19.4. The fraction of sp³-hybridized carbons (Fsp3) is 0.292. The van der Waals surface area contributed by atoms with Crippen LogP contribution in [0.4, 0.5) is 13.2 Å². The molecular formula is C24H27F3N6O2. The lowest BCUT2D eigenvalue weighted by molar-refractivity contribution is -0.137. The van der Waals surface area contributed by atoms with Gasteiger partial charge in [-0.1, -0.05) is 13.5 Å². The van der Waals surface area contributed by atoms with Crippen LogP contribution in [0.25, 0.3) is 5.70 Å². The molecule has 1 amide bonds. The van der Waals surface area contributed by atoms with Crippen molar-refractivity contribution in [3.8, 4) is 0 Å². The molecule has 3 aromatic rings. The van der Waals surface area contributed by atoms with Crippen LogP contribution in [-0.4, -0.2) is 38.7 Å². The number of carbonyl (C=O) groups is 1. The van der Waals surface area contributed by atoms with Crippen molar-refractivity contribution in [2.45, 2.75) is 32.9 Å².